The van der Waals surface area contributed by atoms with Gasteiger partial charge in [-0.1, -0.05) is 17.7 Å². The lowest BCUT2D eigenvalue weighted by Crippen LogP contribution is -2.55. The quantitative estimate of drug-likeness (QED) is 0.884. The molecule has 0 spiro atoms. The molecule has 2 N–H and O–H groups in total. The first-order chi connectivity index (χ1) is 10.0. The molecule has 0 aromatic heterocycles. The average molecular weight is 292 g/mol. The Kier molecular flexibility index (Phi) is 5.20. The highest BCUT2D eigenvalue weighted by atomic mass is 16.5. The molecule has 1 aromatic carbocycles. The van der Waals surface area contributed by atoms with E-state index in [2.05, 4.69) is 10.6 Å². The van der Waals surface area contributed by atoms with Crippen LogP contribution in [-0.4, -0.2) is 38.3 Å². The zero-order chi connectivity index (χ0) is 15.4. The molecule has 0 saturated carbocycles. The Balaban J connectivity index is 2.08. The van der Waals surface area contributed by atoms with E-state index in [1.54, 1.807) is 7.11 Å². The molecule has 2 rings (SSSR count). The topological polar surface area (TPSA) is 59.6 Å². The molecule has 5 heteroatoms. The molecule has 1 saturated heterocycles. The lowest BCUT2D eigenvalue weighted by molar-refractivity contribution is -0.129. The molecule has 1 aromatic rings. The third-order valence-corrected chi connectivity index (χ3v) is 3.81. The van der Waals surface area contributed by atoms with Gasteiger partial charge >= 0.3 is 0 Å². The first-order valence-electron chi connectivity index (χ1n) is 7.33. The second kappa shape index (κ2) is 6.91. The summed E-state index contributed by atoms with van der Waals surface area (Å²) in [6.07, 6.45) is -0.120. The van der Waals surface area contributed by atoms with Gasteiger partial charge in [-0.25, -0.2) is 0 Å². The summed E-state index contributed by atoms with van der Waals surface area (Å²) < 4.78 is 10.9. The third-order valence-electron chi connectivity index (χ3n) is 3.81. The maximum atomic E-state index is 12.4. The van der Waals surface area contributed by atoms with Gasteiger partial charge in [0.2, 0.25) is 5.91 Å². The molecule has 5 nitrogen and oxygen atoms in total. The van der Waals surface area contributed by atoms with Gasteiger partial charge in [-0.2, -0.15) is 0 Å². The Morgan fingerprint density at radius 2 is 2.29 bits per heavy atom. The van der Waals surface area contributed by atoms with Crippen LogP contribution in [0.15, 0.2) is 18.2 Å². The summed E-state index contributed by atoms with van der Waals surface area (Å²) in [7, 11) is 1.64. The van der Waals surface area contributed by atoms with Crippen LogP contribution in [0.2, 0.25) is 0 Å². The van der Waals surface area contributed by atoms with Gasteiger partial charge in [0.1, 0.15) is 11.8 Å². The van der Waals surface area contributed by atoms with Crippen LogP contribution in [0.3, 0.4) is 0 Å². The van der Waals surface area contributed by atoms with Gasteiger partial charge in [0, 0.05) is 12.1 Å². The van der Waals surface area contributed by atoms with E-state index < -0.39 is 0 Å². The Bertz CT molecular complexity index is 504. The Labute approximate surface area is 126 Å². The molecule has 1 heterocycles. The molecule has 0 radical (unpaired) electrons. The number of hydrogen-bond acceptors (Lipinski definition) is 4. The van der Waals surface area contributed by atoms with E-state index in [-0.39, 0.29) is 24.1 Å². The SMILES string of the molecule is COc1ccc(C)cc1C(C)NC(=O)[C@H]1NCCO[C@@H]1C. The van der Waals surface area contributed by atoms with Crippen molar-refractivity contribution in [2.45, 2.75) is 39.0 Å². The summed E-state index contributed by atoms with van der Waals surface area (Å²) >= 11 is 0. The Hall–Kier alpha value is -1.59. The normalized spacial score (nSPS) is 23.4. The van der Waals surface area contributed by atoms with Gasteiger partial charge in [-0.3, -0.25) is 4.79 Å². The molecule has 0 bridgehead atoms. The van der Waals surface area contributed by atoms with E-state index in [0.717, 1.165) is 16.9 Å². The van der Waals surface area contributed by atoms with E-state index >= 15 is 0 Å². The summed E-state index contributed by atoms with van der Waals surface area (Å²) in [6, 6.07) is 5.53. The number of amides is 1. The molecule has 1 unspecified atom stereocenters. The molecule has 1 aliphatic rings. The van der Waals surface area contributed by atoms with Crippen LogP contribution >= 0.6 is 0 Å². The van der Waals surface area contributed by atoms with E-state index in [0.29, 0.717) is 13.2 Å². The van der Waals surface area contributed by atoms with Gasteiger partial charge < -0.3 is 20.1 Å². The number of morpholine rings is 1. The minimum absolute atomic E-state index is 0.0433. The molecule has 0 aliphatic carbocycles. The molecule has 116 valence electrons. The van der Waals surface area contributed by atoms with Crippen molar-refractivity contribution in [3.63, 3.8) is 0 Å². The van der Waals surface area contributed by atoms with Crippen LogP contribution < -0.4 is 15.4 Å². The number of benzene rings is 1. The maximum Gasteiger partial charge on any atom is 0.240 e. The van der Waals surface area contributed by atoms with Gasteiger partial charge in [0.25, 0.3) is 0 Å². The minimum Gasteiger partial charge on any atom is -0.496 e. The summed E-state index contributed by atoms with van der Waals surface area (Å²) in [4.78, 5) is 12.4. The number of carbonyl (C=O) groups excluding carboxylic acids is 1. The molecule has 1 aliphatic heterocycles. The van der Waals surface area contributed by atoms with E-state index in [1.165, 1.54) is 0 Å². The van der Waals surface area contributed by atoms with Crippen LogP contribution in [0.4, 0.5) is 0 Å². The smallest absolute Gasteiger partial charge is 0.240 e. The highest BCUT2D eigenvalue weighted by Crippen LogP contribution is 2.26. The lowest BCUT2D eigenvalue weighted by atomic mass is 10.0. The van der Waals surface area contributed by atoms with Crippen molar-refractivity contribution in [2.75, 3.05) is 20.3 Å². The molecular formula is C16H24N2O3. The Morgan fingerprint density at radius 1 is 1.52 bits per heavy atom. The zero-order valence-electron chi connectivity index (χ0n) is 13.1. The molecule has 21 heavy (non-hydrogen) atoms. The fourth-order valence-electron chi connectivity index (χ4n) is 2.60. The molecule has 1 fully saturated rings. The summed E-state index contributed by atoms with van der Waals surface area (Å²) in [5.41, 5.74) is 2.12. The summed E-state index contributed by atoms with van der Waals surface area (Å²) in [5, 5.41) is 6.23. The van der Waals surface area contributed by atoms with Crippen molar-refractivity contribution in [1.82, 2.24) is 10.6 Å². The summed E-state index contributed by atoms with van der Waals surface area (Å²) in [5.74, 6) is 0.743. The summed E-state index contributed by atoms with van der Waals surface area (Å²) in [6.45, 7) is 7.24. The first kappa shape index (κ1) is 15.8. The minimum atomic E-state index is -0.308. The maximum absolute atomic E-state index is 12.4. The van der Waals surface area contributed by atoms with Crippen molar-refractivity contribution in [3.8, 4) is 5.75 Å². The standard InChI is InChI=1S/C16H24N2O3/c1-10-5-6-14(20-4)13(9-10)11(2)18-16(19)15-12(3)21-8-7-17-15/h5-6,9,11-12,15,17H,7-8H2,1-4H3,(H,18,19)/t11?,12-,15+/m1/s1. The molecule has 3 atom stereocenters. The van der Waals surface area contributed by atoms with E-state index in [9.17, 15) is 4.79 Å². The molecule has 1 amide bonds. The number of methoxy groups -OCH3 is 1. The largest absolute Gasteiger partial charge is 0.496 e. The predicted octanol–water partition coefficient (Wildman–Crippen LogP) is 1.56. The Morgan fingerprint density at radius 3 is 2.95 bits per heavy atom. The van der Waals surface area contributed by atoms with Crippen LogP contribution in [-0.2, 0) is 9.53 Å². The number of carbonyl (C=O) groups is 1. The predicted molar refractivity (Wildman–Crippen MR) is 81.5 cm³/mol. The number of aryl methyl sites for hydroxylation is 1. The fraction of sp³-hybridized carbons (Fsp3) is 0.562. The van der Waals surface area contributed by atoms with Crippen LogP contribution in [0.1, 0.15) is 31.0 Å². The van der Waals surface area contributed by atoms with Crippen LogP contribution in [0.5, 0.6) is 5.75 Å². The van der Waals surface area contributed by atoms with Crippen molar-refractivity contribution >= 4 is 5.91 Å². The number of ether oxygens (including phenoxy) is 2. The van der Waals surface area contributed by atoms with Gasteiger partial charge in [0.15, 0.2) is 0 Å². The van der Waals surface area contributed by atoms with Crippen molar-refractivity contribution in [3.05, 3.63) is 29.3 Å². The van der Waals surface area contributed by atoms with E-state index in [4.69, 9.17) is 9.47 Å². The molecular weight excluding hydrogens is 268 g/mol. The van der Waals surface area contributed by atoms with Crippen LogP contribution in [0, 0.1) is 6.92 Å². The van der Waals surface area contributed by atoms with Crippen LogP contribution in [0.25, 0.3) is 0 Å². The fourth-order valence-corrected chi connectivity index (χ4v) is 2.60. The number of hydrogen-bond donors (Lipinski definition) is 2. The second-order valence-corrected chi connectivity index (χ2v) is 5.48. The van der Waals surface area contributed by atoms with E-state index in [1.807, 2.05) is 39.0 Å². The highest BCUT2D eigenvalue weighted by molar-refractivity contribution is 5.83. The second-order valence-electron chi connectivity index (χ2n) is 5.48. The monoisotopic (exact) mass is 292 g/mol. The average Bonchev–Trinajstić information content (AvgIpc) is 2.47. The van der Waals surface area contributed by atoms with Crippen molar-refractivity contribution < 1.29 is 14.3 Å². The zero-order valence-corrected chi connectivity index (χ0v) is 13.1. The van der Waals surface area contributed by atoms with Gasteiger partial charge in [-0.15, -0.1) is 0 Å². The first-order valence-corrected chi connectivity index (χ1v) is 7.33. The van der Waals surface area contributed by atoms with Crippen molar-refractivity contribution in [2.24, 2.45) is 0 Å². The number of nitrogens with one attached hydrogen (secondary N) is 2. The van der Waals surface area contributed by atoms with Gasteiger partial charge in [-0.05, 0) is 26.8 Å². The third kappa shape index (κ3) is 3.74. The lowest BCUT2D eigenvalue weighted by Gasteiger charge is -2.30. The highest BCUT2D eigenvalue weighted by Gasteiger charge is 2.29. The number of rotatable bonds is 4. The van der Waals surface area contributed by atoms with Crippen molar-refractivity contribution in [1.29, 1.82) is 0 Å². The van der Waals surface area contributed by atoms with Gasteiger partial charge in [0.05, 0.1) is 25.9 Å².